The van der Waals surface area contributed by atoms with Crippen LogP contribution in [0.15, 0.2) is 16.6 Å². The lowest BCUT2D eigenvalue weighted by atomic mass is 10.2. The van der Waals surface area contributed by atoms with Gasteiger partial charge in [-0.15, -0.1) is 0 Å². The number of halogens is 2. The van der Waals surface area contributed by atoms with E-state index in [9.17, 15) is 0 Å². The molecule has 1 heterocycles. The molecule has 3 nitrogen and oxygen atoms in total. The van der Waals surface area contributed by atoms with Gasteiger partial charge >= 0.3 is 0 Å². The lowest BCUT2D eigenvalue weighted by molar-refractivity contribution is 0.415. The fourth-order valence-corrected chi connectivity index (χ4v) is 2.43. The summed E-state index contributed by atoms with van der Waals surface area (Å²) in [5.41, 5.74) is 0.777. The fourth-order valence-electron chi connectivity index (χ4n) is 1.38. The van der Waals surface area contributed by atoms with Gasteiger partial charge in [-0.05, 0) is 28.9 Å². The first-order chi connectivity index (χ1) is 7.11. The Kier molecular flexibility index (Phi) is 2.80. The molecule has 1 aromatic heterocycles. The van der Waals surface area contributed by atoms with Gasteiger partial charge in [-0.1, -0.05) is 11.6 Å². The first-order valence-corrected chi connectivity index (χ1v) is 5.46. The Bertz CT molecular complexity index is 530. The maximum absolute atomic E-state index is 6.04. The number of aromatic nitrogens is 2. The van der Waals surface area contributed by atoms with Crippen molar-refractivity contribution >= 4 is 38.4 Å². The summed E-state index contributed by atoms with van der Waals surface area (Å²) in [5, 5.41) is 1.26. The van der Waals surface area contributed by atoms with Crippen LogP contribution >= 0.6 is 27.5 Å². The van der Waals surface area contributed by atoms with Gasteiger partial charge in [-0.2, -0.15) is 0 Å². The SMILES string of the molecule is COc1cc(Br)c2c(Cl)nc(C)nc2c1. The molecule has 1 aromatic carbocycles. The standard InChI is InChI=1S/C10H8BrClN2O/c1-5-13-8-4-6(15-2)3-7(11)9(8)10(12)14-5/h3-4H,1-2H3. The molecule has 0 amide bonds. The van der Waals surface area contributed by atoms with Crippen LogP contribution in [0.2, 0.25) is 5.15 Å². The Morgan fingerprint density at radius 1 is 1.33 bits per heavy atom. The predicted molar refractivity (Wildman–Crippen MR) is 63.5 cm³/mol. The minimum absolute atomic E-state index is 0.451. The lowest BCUT2D eigenvalue weighted by Crippen LogP contribution is -1.92. The first-order valence-electron chi connectivity index (χ1n) is 4.29. The minimum atomic E-state index is 0.451. The van der Waals surface area contributed by atoms with Crippen LogP contribution in [0.5, 0.6) is 5.75 Å². The van der Waals surface area contributed by atoms with E-state index in [0.29, 0.717) is 11.0 Å². The molecule has 0 aliphatic rings. The number of rotatable bonds is 1. The molecule has 2 rings (SSSR count). The molecule has 2 aromatic rings. The summed E-state index contributed by atoms with van der Waals surface area (Å²) in [6.45, 7) is 1.80. The Morgan fingerprint density at radius 2 is 2.07 bits per heavy atom. The summed E-state index contributed by atoms with van der Waals surface area (Å²) in [5.74, 6) is 1.39. The fraction of sp³-hybridized carbons (Fsp3) is 0.200. The molecular formula is C10H8BrClN2O. The topological polar surface area (TPSA) is 35.0 Å². The molecule has 0 aliphatic carbocycles. The molecule has 0 saturated heterocycles. The van der Waals surface area contributed by atoms with E-state index in [4.69, 9.17) is 16.3 Å². The van der Waals surface area contributed by atoms with Crippen LogP contribution in [0, 0.1) is 6.92 Å². The molecule has 0 unspecified atom stereocenters. The summed E-state index contributed by atoms with van der Waals surface area (Å²) in [4.78, 5) is 8.40. The second-order valence-corrected chi connectivity index (χ2v) is 4.28. The number of methoxy groups -OCH3 is 1. The van der Waals surface area contributed by atoms with E-state index in [-0.39, 0.29) is 0 Å². The molecule has 0 fully saturated rings. The van der Waals surface area contributed by atoms with Crippen LogP contribution in [-0.4, -0.2) is 17.1 Å². The zero-order valence-corrected chi connectivity index (χ0v) is 10.6. The van der Waals surface area contributed by atoms with Crippen LogP contribution in [0.4, 0.5) is 0 Å². The van der Waals surface area contributed by atoms with Gasteiger partial charge < -0.3 is 4.74 Å². The van der Waals surface area contributed by atoms with Crippen molar-refractivity contribution in [3.05, 3.63) is 27.6 Å². The third kappa shape index (κ3) is 1.92. The summed E-state index contributed by atoms with van der Waals surface area (Å²) in [6.07, 6.45) is 0. The second kappa shape index (κ2) is 3.94. The number of nitrogens with zero attached hydrogens (tertiary/aromatic N) is 2. The molecule has 15 heavy (non-hydrogen) atoms. The van der Waals surface area contributed by atoms with E-state index in [1.807, 2.05) is 12.1 Å². The molecule has 0 N–H and O–H groups in total. The van der Waals surface area contributed by atoms with Crippen molar-refractivity contribution in [3.63, 3.8) is 0 Å². The average molecular weight is 288 g/mol. The molecule has 78 valence electrons. The van der Waals surface area contributed by atoms with Gasteiger partial charge in [-0.3, -0.25) is 0 Å². The highest BCUT2D eigenvalue weighted by atomic mass is 79.9. The first kappa shape index (κ1) is 10.6. The quantitative estimate of drug-likeness (QED) is 0.754. The summed E-state index contributed by atoms with van der Waals surface area (Å²) in [7, 11) is 1.61. The van der Waals surface area contributed by atoms with Crippen molar-refractivity contribution in [1.82, 2.24) is 9.97 Å². The van der Waals surface area contributed by atoms with Crippen molar-refractivity contribution in [1.29, 1.82) is 0 Å². The summed E-state index contributed by atoms with van der Waals surface area (Å²) < 4.78 is 5.98. The minimum Gasteiger partial charge on any atom is -0.497 e. The van der Waals surface area contributed by atoms with Crippen LogP contribution in [-0.2, 0) is 0 Å². The zero-order valence-electron chi connectivity index (χ0n) is 8.21. The number of benzene rings is 1. The monoisotopic (exact) mass is 286 g/mol. The molecule has 0 radical (unpaired) electrons. The molecule has 0 aliphatic heterocycles. The van der Waals surface area contributed by atoms with Crippen molar-refractivity contribution in [3.8, 4) is 5.75 Å². The van der Waals surface area contributed by atoms with Gasteiger partial charge in [0.05, 0.1) is 18.0 Å². The van der Waals surface area contributed by atoms with Crippen molar-refractivity contribution in [2.45, 2.75) is 6.92 Å². The Morgan fingerprint density at radius 3 is 2.73 bits per heavy atom. The highest BCUT2D eigenvalue weighted by Gasteiger charge is 2.09. The van der Waals surface area contributed by atoms with Crippen LogP contribution in [0.1, 0.15) is 5.82 Å². The third-order valence-corrected chi connectivity index (χ3v) is 2.93. The van der Waals surface area contributed by atoms with Crippen LogP contribution in [0.25, 0.3) is 10.9 Å². The second-order valence-electron chi connectivity index (χ2n) is 3.06. The molecule has 0 bridgehead atoms. The maximum atomic E-state index is 6.04. The highest BCUT2D eigenvalue weighted by molar-refractivity contribution is 9.10. The highest BCUT2D eigenvalue weighted by Crippen LogP contribution is 2.32. The number of ether oxygens (including phenoxy) is 1. The van der Waals surface area contributed by atoms with E-state index >= 15 is 0 Å². The van der Waals surface area contributed by atoms with Gasteiger partial charge in [0.2, 0.25) is 0 Å². The average Bonchev–Trinajstić information content (AvgIpc) is 2.15. The largest absolute Gasteiger partial charge is 0.497 e. The van der Waals surface area contributed by atoms with E-state index < -0.39 is 0 Å². The molecule has 0 atom stereocenters. The van der Waals surface area contributed by atoms with E-state index in [1.54, 1.807) is 14.0 Å². The van der Waals surface area contributed by atoms with Crippen molar-refractivity contribution < 1.29 is 4.74 Å². The van der Waals surface area contributed by atoms with Gasteiger partial charge in [0, 0.05) is 10.5 Å². The third-order valence-electron chi connectivity index (χ3n) is 2.03. The molecule has 0 spiro atoms. The number of fused-ring (bicyclic) bond motifs is 1. The van der Waals surface area contributed by atoms with Crippen molar-refractivity contribution in [2.75, 3.05) is 7.11 Å². The van der Waals surface area contributed by atoms with Gasteiger partial charge in [0.25, 0.3) is 0 Å². The van der Waals surface area contributed by atoms with Gasteiger partial charge in [0.1, 0.15) is 16.7 Å². The molecule has 0 saturated carbocycles. The van der Waals surface area contributed by atoms with E-state index in [2.05, 4.69) is 25.9 Å². The predicted octanol–water partition coefficient (Wildman–Crippen LogP) is 3.36. The Hall–Kier alpha value is -0.870. The molecular weight excluding hydrogens is 279 g/mol. The normalized spacial score (nSPS) is 10.7. The maximum Gasteiger partial charge on any atom is 0.141 e. The van der Waals surface area contributed by atoms with E-state index in [1.165, 1.54) is 0 Å². The smallest absolute Gasteiger partial charge is 0.141 e. The van der Waals surface area contributed by atoms with E-state index in [0.717, 1.165) is 21.1 Å². The summed E-state index contributed by atoms with van der Waals surface area (Å²) >= 11 is 9.46. The van der Waals surface area contributed by atoms with Gasteiger partial charge in [0.15, 0.2) is 0 Å². The van der Waals surface area contributed by atoms with Crippen molar-refractivity contribution in [2.24, 2.45) is 0 Å². The Labute approximate surface area is 101 Å². The van der Waals surface area contributed by atoms with Gasteiger partial charge in [-0.25, -0.2) is 9.97 Å². The number of hydrogen-bond donors (Lipinski definition) is 0. The number of hydrogen-bond acceptors (Lipinski definition) is 3. The zero-order chi connectivity index (χ0) is 11.0. The molecule has 5 heteroatoms. The summed E-state index contributed by atoms with van der Waals surface area (Å²) in [6, 6.07) is 3.67. The van der Waals surface area contributed by atoms with Crippen LogP contribution < -0.4 is 4.74 Å². The van der Waals surface area contributed by atoms with Crippen LogP contribution in [0.3, 0.4) is 0 Å². The number of aryl methyl sites for hydroxylation is 1. The lowest BCUT2D eigenvalue weighted by Gasteiger charge is -2.06. The Balaban J connectivity index is 2.85.